The molecule has 0 radical (unpaired) electrons. The minimum atomic E-state index is -0.598. The molecular weight excluding hydrogens is 330 g/mol. The molecule has 0 amide bonds. The van der Waals surface area contributed by atoms with Crippen LogP contribution in [0.1, 0.15) is 16.9 Å². The summed E-state index contributed by atoms with van der Waals surface area (Å²) in [4.78, 5) is 41.2. The van der Waals surface area contributed by atoms with Gasteiger partial charge in [0.15, 0.2) is 0 Å². The monoisotopic (exact) mass is 351 g/mol. The lowest BCUT2D eigenvalue weighted by molar-refractivity contribution is -0.141. The molecule has 2 aromatic heterocycles. The Bertz CT molecular complexity index is 907. The predicted octanol–water partition coefficient (Wildman–Crippen LogP) is 0.448. The number of likely N-dealkylation sites (N-methyl/N-ethyl adjacent to an activating group) is 1. The Labute approximate surface area is 143 Å². The van der Waals surface area contributed by atoms with Crippen LogP contribution in [0.5, 0.6) is 0 Å². The predicted molar refractivity (Wildman–Crippen MR) is 92.9 cm³/mol. The largest absolute Gasteiger partial charge is 0.468 e. The molecule has 0 atom stereocenters. The van der Waals surface area contributed by atoms with Gasteiger partial charge in [-0.3, -0.25) is 14.2 Å². The maximum Gasteiger partial charge on any atom is 0.332 e. The van der Waals surface area contributed by atoms with Crippen molar-refractivity contribution in [1.29, 1.82) is 0 Å². The second kappa shape index (κ2) is 6.52. The van der Waals surface area contributed by atoms with Crippen LogP contribution in [0, 0.1) is 0 Å². The summed E-state index contributed by atoms with van der Waals surface area (Å²) in [5, 5.41) is 0.606. The third-order valence-electron chi connectivity index (χ3n) is 4.35. The van der Waals surface area contributed by atoms with Crippen LogP contribution in [-0.4, -0.2) is 47.8 Å². The highest BCUT2D eigenvalue weighted by Crippen LogP contribution is 2.35. The quantitative estimate of drug-likeness (QED) is 0.731. The first-order valence-electron chi connectivity index (χ1n) is 7.93. The molecule has 0 aliphatic heterocycles. The van der Waals surface area contributed by atoms with E-state index in [-0.39, 0.29) is 12.1 Å². The van der Waals surface area contributed by atoms with Crippen LogP contribution in [0.2, 0.25) is 0 Å². The Morgan fingerprint density at radius 3 is 2.67 bits per heavy atom. The molecule has 3 rings (SSSR count). The van der Waals surface area contributed by atoms with Crippen LogP contribution in [0.4, 0.5) is 0 Å². The number of carbonyl (C=O) groups excluding carboxylic acids is 1. The molecule has 2 aromatic rings. The molecule has 0 fully saturated rings. The van der Waals surface area contributed by atoms with Crippen molar-refractivity contribution in [3.63, 3.8) is 0 Å². The molecule has 130 valence electrons. The summed E-state index contributed by atoms with van der Waals surface area (Å²) in [5.41, 5.74) is 0.234. The second-order valence-electron chi connectivity index (χ2n) is 6.24. The summed E-state index contributed by atoms with van der Waals surface area (Å²) >= 11 is 1.54. The summed E-state index contributed by atoms with van der Waals surface area (Å²) in [5.74, 6) is -0.598. The van der Waals surface area contributed by atoms with Crippen molar-refractivity contribution in [2.24, 2.45) is 0 Å². The highest BCUT2D eigenvalue weighted by atomic mass is 32.1. The molecule has 0 bridgehead atoms. The number of carbonyl (C=O) groups is 1. The van der Waals surface area contributed by atoms with E-state index in [4.69, 9.17) is 0 Å². The lowest BCUT2D eigenvalue weighted by atomic mass is 10.2. The van der Waals surface area contributed by atoms with Gasteiger partial charge in [-0.1, -0.05) is 0 Å². The Morgan fingerprint density at radius 2 is 2.00 bits per heavy atom. The second-order valence-corrected chi connectivity index (χ2v) is 7.33. The van der Waals surface area contributed by atoms with Crippen molar-refractivity contribution in [1.82, 2.24) is 14.0 Å². The number of ether oxygens (including phenoxy) is 1. The van der Waals surface area contributed by atoms with Crippen LogP contribution in [0.15, 0.2) is 9.59 Å². The first-order chi connectivity index (χ1) is 11.4. The number of aromatic nitrogens is 2. The summed E-state index contributed by atoms with van der Waals surface area (Å²) in [6, 6.07) is 0. The van der Waals surface area contributed by atoms with Crippen molar-refractivity contribution in [2.45, 2.75) is 32.4 Å². The zero-order chi connectivity index (χ0) is 17.4. The average Bonchev–Trinajstić information content (AvgIpc) is 3.11. The maximum absolute atomic E-state index is 12.8. The van der Waals surface area contributed by atoms with Gasteiger partial charge in [0.05, 0.1) is 12.5 Å². The molecule has 0 spiro atoms. The van der Waals surface area contributed by atoms with Crippen molar-refractivity contribution < 1.29 is 9.53 Å². The van der Waals surface area contributed by atoms with E-state index < -0.39 is 11.7 Å². The molecule has 2 heterocycles. The Hall–Kier alpha value is -1.93. The minimum absolute atomic E-state index is 0.351. The SMILES string of the molecule is COC(=O)Cn1c(=O)c2c3c(sc2n(CCN(C)C)c1=O)CCC3. The van der Waals surface area contributed by atoms with E-state index in [1.807, 2.05) is 19.0 Å². The van der Waals surface area contributed by atoms with Crippen LogP contribution < -0.4 is 11.2 Å². The average molecular weight is 351 g/mol. The van der Waals surface area contributed by atoms with Gasteiger partial charge in [-0.2, -0.15) is 0 Å². The van der Waals surface area contributed by atoms with Crippen LogP contribution >= 0.6 is 11.3 Å². The number of esters is 1. The molecule has 7 nitrogen and oxygen atoms in total. The first-order valence-corrected chi connectivity index (χ1v) is 8.75. The van der Waals surface area contributed by atoms with E-state index in [0.717, 1.165) is 34.2 Å². The lowest BCUT2D eigenvalue weighted by Gasteiger charge is -2.14. The molecule has 24 heavy (non-hydrogen) atoms. The molecule has 0 unspecified atom stereocenters. The van der Waals surface area contributed by atoms with Gasteiger partial charge >= 0.3 is 11.7 Å². The fourth-order valence-electron chi connectivity index (χ4n) is 3.09. The zero-order valence-corrected chi connectivity index (χ0v) is 14.9. The zero-order valence-electron chi connectivity index (χ0n) is 14.1. The summed E-state index contributed by atoms with van der Waals surface area (Å²) in [7, 11) is 5.11. The first kappa shape index (κ1) is 16.9. The van der Waals surface area contributed by atoms with Gasteiger partial charge in [-0.25, -0.2) is 9.36 Å². The van der Waals surface area contributed by atoms with Crippen molar-refractivity contribution in [2.75, 3.05) is 27.7 Å². The van der Waals surface area contributed by atoms with Gasteiger partial charge < -0.3 is 9.64 Å². The molecule has 1 aliphatic rings. The number of fused-ring (bicyclic) bond motifs is 3. The number of rotatable bonds is 5. The van der Waals surface area contributed by atoms with Gasteiger partial charge in [-0.15, -0.1) is 11.3 Å². The van der Waals surface area contributed by atoms with Crippen LogP contribution in [0.25, 0.3) is 10.2 Å². The molecular formula is C16H21N3O4S. The third kappa shape index (κ3) is 2.80. The van der Waals surface area contributed by atoms with E-state index in [9.17, 15) is 14.4 Å². The maximum atomic E-state index is 12.8. The Morgan fingerprint density at radius 1 is 1.25 bits per heavy atom. The molecule has 1 aliphatic carbocycles. The molecule has 0 saturated carbocycles. The fourth-order valence-corrected chi connectivity index (χ4v) is 4.48. The Kier molecular flexibility index (Phi) is 4.60. The van der Waals surface area contributed by atoms with Crippen molar-refractivity contribution in [3.8, 4) is 0 Å². The molecule has 0 saturated heterocycles. The smallest absolute Gasteiger partial charge is 0.332 e. The molecule has 0 aromatic carbocycles. The van der Waals surface area contributed by atoms with E-state index in [0.29, 0.717) is 18.5 Å². The number of thiophene rings is 1. The number of methoxy groups -OCH3 is 1. The van der Waals surface area contributed by atoms with E-state index in [1.54, 1.807) is 15.9 Å². The third-order valence-corrected chi connectivity index (χ3v) is 5.67. The lowest BCUT2D eigenvalue weighted by Crippen LogP contribution is -2.42. The van der Waals surface area contributed by atoms with Gasteiger partial charge in [0.2, 0.25) is 0 Å². The van der Waals surface area contributed by atoms with Gasteiger partial charge in [-0.05, 0) is 38.9 Å². The Balaban J connectivity index is 2.25. The number of hydrogen-bond acceptors (Lipinski definition) is 6. The van der Waals surface area contributed by atoms with Crippen LogP contribution in [-0.2, 0) is 35.5 Å². The van der Waals surface area contributed by atoms with Gasteiger partial charge in [0.25, 0.3) is 5.56 Å². The number of hydrogen-bond donors (Lipinski definition) is 0. The van der Waals surface area contributed by atoms with E-state index in [2.05, 4.69) is 4.74 Å². The van der Waals surface area contributed by atoms with Gasteiger partial charge in [0.1, 0.15) is 11.4 Å². The fraction of sp³-hybridized carbons (Fsp3) is 0.562. The van der Waals surface area contributed by atoms with Crippen molar-refractivity contribution in [3.05, 3.63) is 31.3 Å². The van der Waals surface area contributed by atoms with Crippen LogP contribution in [0.3, 0.4) is 0 Å². The highest BCUT2D eigenvalue weighted by molar-refractivity contribution is 7.18. The topological polar surface area (TPSA) is 73.5 Å². The van der Waals surface area contributed by atoms with Gasteiger partial charge in [0, 0.05) is 18.0 Å². The van der Waals surface area contributed by atoms with E-state index in [1.165, 1.54) is 12.0 Å². The normalized spacial score (nSPS) is 13.7. The number of aryl methyl sites for hydroxylation is 2. The minimum Gasteiger partial charge on any atom is -0.468 e. The van der Waals surface area contributed by atoms with E-state index >= 15 is 0 Å². The molecule has 0 N–H and O–H groups in total. The molecule has 8 heteroatoms. The summed E-state index contributed by atoms with van der Waals surface area (Å²) in [6.07, 6.45) is 2.84. The van der Waals surface area contributed by atoms with Crippen molar-refractivity contribution >= 4 is 27.5 Å². The number of nitrogens with zero attached hydrogens (tertiary/aromatic N) is 3. The standard InChI is InChI=1S/C16H21N3O4S/c1-17(2)7-8-18-15-13(10-5-4-6-11(10)24-15)14(21)19(16(18)22)9-12(20)23-3/h4-9H2,1-3H3. The summed E-state index contributed by atoms with van der Waals surface area (Å²) in [6.45, 7) is 0.799. The highest BCUT2D eigenvalue weighted by Gasteiger charge is 2.25. The summed E-state index contributed by atoms with van der Waals surface area (Å²) < 4.78 is 7.27.